The molecule has 3 aliphatic rings. The number of carbonyl (C=O) groups excluding carboxylic acids is 8. The van der Waals surface area contributed by atoms with Crippen molar-refractivity contribution >= 4 is 186 Å². The van der Waals surface area contributed by atoms with Crippen molar-refractivity contribution in [3.8, 4) is 0 Å². The van der Waals surface area contributed by atoms with Gasteiger partial charge in [0.1, 0.15) is 0 Å². The summed E-state index contributed by atoms with van der Waals surface area (Å²) in [5, 5.41) is 16.4. The van der Waals surface area contributed by atoms with Gasteiger partial charge in [0.05, 0.1) is 92.7 Å². The number of carbonyl (C=O) groups is 2. The van der Waals surface area contributed by atoms with E-state index in [2.05, 4.69) is 49.1 Å². The molecule has 8 heterocycles. The molecule has 0 saturated carbocycles. The molecule has 3 aliphatic heterocycles. The SMILES string of the molecule is C1CCNCC1.CCOC(=O)c1ccc(S(=O)(=O)Cl)cc1.CCc1ccc(S(=O)(=O)Nc2cccc3cccnc23)cc1.Cl.Nc1cccc2cccnc12.O=C(c1ccc(S(=O)(=O)Nc2cccc3cccnc23)cc1)N1CCCCC1.O=C=O.O=C=O.O=C=O.O=S(=O)(Nc1cccc2cccnc12)c1ccccc1.O=S(=O)(Nc1cccc2cccnc12)c1ccccc1.OC1CCCO1.[Li+].[OH-]. The number of esters is 1. The van der Waals surface area contributed by atoms with E-state index in [1.807, 2.05) is 127 Å². The summed E-state index contributed by atoms with van der Waals surface area (Å²) in [6, 6.07) is 80.8. The Morgan fingerprint density at radius 1 is 0.414 bits per heavy atom. The molecule has 140 heavy (non-hydrogen) atoms. The van der Waals surface area contributed by atoms with E-state index in [9.17, 15) is 51.7 Å². The zero-order valence-corrected chi connectivity index (χ0v) is 81.5. The third-order valence-electron chi connectivity index (χ3n) is 19.7. The summed E-state index contributed by atoms with van der Waals surface area (Å²) in [5.74, 6) is -0.536. The van der Waals surface area contributed by atoms with Gasteiger partial charge in [0.25, 0.3) is 55.1 Å². The van der Waals surface area contributed by atoms with Gasteiger partial charge in [-0.15, -0.1) is 12.4 Å². The van der Waals surface area contributed by atoms with Gasteiger partial charge < -0.3 is 36.0 Å². The molecule has 0 spiro atoms. The van der Waals surface area contributed by atoms with Crippen molar-refractivity contribution in [2.75, 3.05) is 64.0 Å². The van der Waals surface area contributed by atoms with Gasteiger partial charge in [-0.3, -0.25) is 48.6 Å². The largest absolute Gasteiger partial charge is 1.00 e. The summed E-state index contributed by atoms with van der Waals surface area (Å²) in [6.07, 6.45) is 18.7. The third-order valence-corrected chi connectivity index (χ3v) is 26.6. The first-order valence-electron chi connectivity index (χ1n) is 42.3. The molecule has 0 bridgehead atoms. The Kier molecular flexibility index (Phi) is 50.0. The number of piperidine rings is 2. The minimum Gasteiger partial charge on any atom is -0.870 e. The Balaban J connectivity index is 0.000000286. The van der Waals surface area contributed by atoms with E-state index in [4.69, 9.17) is 59.8 Å². The number of nitrogens with one attached hydrogen (secondary N) is 5. The summed E-state index contributed by atoms with van der Waals surface area (Å²) in [7, 11) is -13.2. The van der Waals surface area contributed by atoms with Crippen molar-refractivity contribution in [2.45, 2.75) is 102 Å². The number of amides is 1. The van der Waals surface area contributed by atoms with Crippen LogP contribution >= 0.6 is 23.1 Å². The number of hydrogen-bond acceptors (Lipinski definition) is 29. The molecule has 42 heteroatoms. The van der Waals surface area contributed by atoms with E-state index in [0.717, 1.165) is 102 Å². The van der Waals surface area contributed by atoms with E-state index in [1.54, 1.807) is 171 Å². The maximum absolute atomic E-state index is 12.8. The number of hydrogen-bond donors (Lipinski definition) is 7. The number of nitrogens with zero attached hydrogens (tertiary/aromatic N) is 6. The molecule has 0 aliphatic carbocycles. The van der Waals surface area contributed by atoms with Crippen LogP contribution in [0.5, 0.6) is 0 Å². The van der Waals surface area contributed by atoms with Crippen LogP contribution in [0.25, 0.3) is 54.5 Å². The van der Waals surface area contributed by atoms with Crippen LogP contribution < -0.4 is 48.8 Å². The summed E-state index contributed by atoms with van der Waals surface area (Å²) < 4.78 is 141. The molecule has 15 aromatic rings. The fourth-order valence-corrected chi connectivity index (χ4v) is 18.3. The third kappa shape index (κ3) is 37.1. The molecule has 728 valence electrons. The molecule has 3 saturated heterocycles. The molecular formula is C98H99Cl2LiN12O22S5. The average Bonchev–Trinajstić information content (AvgIpc) is 0.893. The van der Waals surface area contributed by atoms with Crippen LogP contribution in [-0.2, 0) is 93.8 Å². The van der Waals surface area contributed by atoms with E-state index >= 15 is 0 Å². The maximum atomic E-state index is 12.8. The number of pyridine rings is 5. The molecule has 1 amide bonds. The molecule has 1 unspecified atom stereocenters. The molecule has 18 rings (SSSR count). The maximum Gasteiger partial charge on any atom is 1.00 e. The Bertz CT molecular complexity index is 6980. The number of fused-ring (bicyclic) bond motifs is 5. The van der Waals surface area contributed by atoms with E-state index in [-0.39, 0.29) is 92.2 Å². The zero-order valence-electron chi connectivity index (χ0n) is 75.9. The number of aromatic nitrogens is 5. The number of para-hydroxylation sites is 5. The number of likely N-dealkylation sites (tertiary alicyclic amines) is 1. The number of aliphatic hydroxyl groups is 1. The van der Waals surface area contributed by atoms with Crippen LogP contribution in [0.4, 0.5) is 28.4 Å². The van der Waals surface area contributed by atoms with Gasteiger partial charge in [0.15, 0.2) is 6.29 Å². The van der Waals surface area contributed by atoms with Crippen molar-refractivity contribution in [1.82, 2.24) is 35.1 Å². The molecule has 5 aromatic heterocycles. The van der Waals surface area contributed by atoms with Gasteiger partial charge in [-0.2, -0.15) is 28.8 Å². The number of nitrogen functional groups attached to an aromatic ring is 1. The quantitative estimate of drug-likeness (QED) is 0.0193. The minimum atomic E-state index is -3.79. The van der Waals surface area contributed by atoms with Crippen molar-refractivity contribution in [1.29, 1.82) is 0 Å². The predicted molar refractivity (Wildman–Crippen MR) is 529 cm³/mol. The smallest absolute Gasteiger partial charge is 0.870 e. The molecule has 3 fully saturated rings. The summed E-state index contributed by atoms with van der Waals surface area (Å²) in [4.78, 5) is 96.2. The number of ether oxygens (including phenoxy) is 2. The first-order valence-corrected chi connectivity index (χ1v) is 50.5. The number of rotatable bonds is 17. The van der Waals surface area contributed by atoms with Crippen LogP contribution in [0.2, 0.25) is 0 Å². The fraction of sp³-hybridized carbons (Fsp3) is 0.184. The van der Waals surface area contributed by atoms with E-state index in [0.29, 0.717) is 55.9 Å². The molecular weight excluding hydrogens is 1940 g/mol. The second kappa shape index (κ2) is 60.1. The summed E-state index contributed by atoms with van der Waals surface area (Å²) in [6.45, 7) is 8.75. The van der Waals surface area contributed by atoms with Crippen LogP contribution in [0.1, 0.15) is 91.5 Å². The van der Waals surface area contributed by atoms with E-state index < -0.39 is 61.4 Å². The van der Waals surface area contributed by atoms with Gasteiger partial charge in [-0.1, -0.05) is 153 Å². The topological polar surface area (TPSA) is 530 Å². The van der Waals surface area contributed by atoms with Crippen LogP contribution in [0, 0.1) is 0 Å². The zero-order chi connectivity index (χ0) is 99.1. The van der Waals surface area contributed by atoms with Crippen LogP contribution in [-0.4, -0.2) is 159 Å². The molecule has 10 aromatic carbocycles. The predicted octanol–water partition coefficient (Wildman–Crippen LogP) is 13.3. The Labute approximate surface area is 832 Å². The number of halogens is 2. The first-order chi connectivity index (χ1) is 65.9. The van der Waals surface area contributed by atoms with Crippen molar-refractivity contribution < 1.29 is 119 Å². The van der Waals surface area contributed by atoms with Gasteiger partial charge in [-0.05, 0) is 216 Å². The van der Waals surface area contributed by atoms with Gasteiger partial charge in [0, 0.05) is 100 Å². The first kappa shape index (κ1) is 117. The number of nitrogens with two attached hydrogens (primary N) is 1. The molecule has 34 nitrogen and oxygen atoms in total. The molecule has 0 radical (unpaired) electrons. The number of aliphatic hydroxyl groups excluding tert-OH is 1. The van der Waals surface area contributed by atoms with Crippen LogP contribution in [0.3, 0.4) is 0 Å². The standard InChI is InChI=1S/C21H21N3O3S.C17H16N2O2S.2C15H12N2O2S.C9H9ClO4S.C9H8N2.C5H11N.C4H8O2.3CO2.ClH.Li.H2O/c25-21(24-14-2-1-3-15-24)17-9-11-18(12-10-17)28(26,27)23-19-8-4-6-16-7-5-13-22-20(16)19;1-2-13-8-10-15(11-9-13)22(20,21)19-16-7-3-5-14-6-4-12-18-17(14)16;2*18-20(19,13-8-2-1-3-9-13)17-14-10-4-6-12-7-5-11-16-15(12)14;1-2-14-9(11)7-3-5-8(6-4-7)15(10,12)13;10-8-5-1-3-7-4-2-6-11-9(7)8;1-2-4-6-5-3-1;5-4-2-1-3-6-4;3*2-1-3;;;/h4-13,23H,1-3,14-15H2;3-12,19H,2H2,1H3;2*1-11,17H;3-6H,2H2,1H3;1-6H,10H2;6H,1-5H2;4-5H,1-3H2;;;;1H;;1H2/q;;;;;;;;;;;;+1;/p-1. The number of anilines is 5. The van der Waals surface area contributed by atoms with Crippen LogP contribution in [0.15, 0.2) is 341 Å². The Morgan fingerprint density at radius 2 is 0.721 bits per heavy atom. The second-order valence-electron chi connectivity index (χ2n) is 29.1. The van der Waals surface area contributed by atoms with E-state index in [1.165, 1.54) is 68.8 Å². The molecule has 9 N–H and O–H groups in total. The Morgan fingerprint density at radius 3 is 1.01 bits per heavy atom. The van der Waals surface area contributed by atoms with Gasteiger partial charge in [0.2, 0.25) is 0 Å². The minimum absolute atomic E-state index is 0. The number of benzene rings is 10. The summed E-state index contributed by atoms with van der Waals surface area (Å²) >= 11 is 0. The normalized spacial score (nSPS) is 12.7. The fourth-order valence-electron chi connectivity index (χ4n) is 13.2. The van der Waals surface area contributed by atoms with Gasteiger partial charge >= 0.3 is 43.3 Å². The summed E-state index contributed by atoms with van der Waals surface area (Å²) in [5.41, 5.74) is 13.6. The van der Waals surface area contributed by atoms with Crippen molar-refractivity contribution in [2.24, 2.45) is 0 Å². The van der Waals surface area contributed by atoms with Gasteiger partial charge in [-0.25, -0.2) is 46.9 Å². The molecule has 1 atom stereocenters. The van der Waals surface area contributed by atoms with Crippen molar-refractivity contribution in [3.63, 3.8) is 0 Å². The Hall–Kier alpha value is -13.9. The average molecular weight is 2040 g/mol. The monoisotopic (exact) mass is 2030 g/mol. The van der Waals surface area contributed by atoms with Crippen molar-refractivity contribution in [3.05, 3.63) is 333 Å². The number of sulfonamides is 4. The second-order valence-corrected chi connectivity index (χ2v) is 38.4. The number of aryl methyl sites for hydroxylation is 1.